The predicted molar refractivity (Wildman–Crippen MR) is 78.6 cm³/mol. The summed E-state index contributed by atoms with van der Waals surface area (Å²) in [4.78, 5) is 0. The van der Waals surface area contributed by atoms with E-state index in [0.29, 0.717) is 0 Å². The van der Waals surface area contributed by atoms with Crippen LogP contribution in [0.25, 0.3) is 0 Å². The molecule has 1 aliphatic carbocycles. The van der Waals surface area contributed by atoms with Crippen LogP contribution in [-0.2, 0) is 0 Å². The molecule has 0 radical (unpaired) electrons. The molecule has 0 bridgehead atoms. The largest absolute Gasteiger partial charge is 0.392 e. The molecule has 0 saturated heterocycles. The summed E-state index contributed by atoms with van der Waals surface area (Å²) >= 11 is 3.59. The third-order valence-corrected chi connectivity index (χ3v) is 4.54. The lowest BCUT2D eigenvalue weighted by atomic mass is 10.0. The molecule has 1 aliphatic rings. The topological polar surface area (TPSA) is 32.3 Å². The molecule has 0 aliphatic heterocycles. The van der Waals surface area contributed by atoms with E-state index in [-0.39, 0.29) is 18.2 Å². The second-order valence-corrected chi connectivity index (χ2v) is 6.08. The van der Waals surface area contributed by atoms with Crippen LogP contribution in [0.15, 0.2) is 28.7 Å². The number of hydrogen-bond acceptors (Lipinski definition) is 2. The van der Waals surface area contributed by atoms with Gasteiger partial charge in [-0.2, -0.15) is 0 Å². The van der Waals surface area contributed by atoms with Crippen LogP contribution in [0.2, 0.25) is 0 Å². The van der Waals surface area contributed by atoms with E-state index in [0.717, 1.165) is 23.7 Å². The Bertz CT molecular complexity index is 383. The van der Waals surface area contributed by atoms with Gasteiger partial charge in [-0.15, -0.1) is 0 Å². The average Bonchev–Trinajstić information content (AvgIpc) is 2.55. The fraction of sp³-hybridized carbons (Fsp3) is 0.600. The van der Waals surface area contributed by atoms with E-state index in [4.69, 9.17) is 0 Å². The molecule has 1 aromatic carbocycles. The molecule has 3 heteroatoms. The minimum absolute atomic E-state index is 0.197. The monoisotopic (exact) mass is 311 g/mol. The summed E-state index contributed by atoms with van der Waals surface area (Å²) in [5, 5.41) is 13.7. The summed E-state index contributed by atoms with van der Waals surface area (Å²) in [6.07, 6.45) is 5.44. The summed E-state index contributed by atoms with van der Waals surface area (Å²) in [6.45, 7) is 2.16. The van der Waals surface area contributed by atoms with Crippen molar-refractivity contribution in [2.75, 3.05) is 0 Å². The number of aliphatic hydroxyl groups is 1. The fourth-order valence-electron chi connectivity index (χ4n) is 2.72. The number of hydrogen-bond donors (Lipinski definition) is 2. The molecule has 100 valence electrons. The Morgan fingerprint density at radius 1 is 1.22 bits per heavy atom. The van der Waals surface area contributed by atoms with Crippen LogP contribution in [0.5, 0.6) is 0 Å². The first-order valence-corrected chi connectivity index (χ1v) is 7.66. The molecule has 0 spiro atoms. The van der Waals surface area contributed by atoms with E-state index in [1.165, 1.54) is 18.4 Å². The van der Waals surface area contributed by atoms with Crippen LogP contribution >= 0.6 is 15.9 Å². The Hall–Kier alpha value is -0.380. The van der Waals surface area contributed by atoms with Crippen molar-refractivity contribution in [2.45, 2.75) is 57.2 Å². The first-order valence-electron chi connectivity index (χ1n) is 6.87. The standard InChI is InChI=1S/C15H22BrNO/c1-11(12-7-5-6-8-13(12)16)17-14-9-3-2-4-10-15(14)18/h5-8,11,14-15,17-18H,2-4,9-10H2,1H3/t11-,14?,15?/m1/s1. The van der Waals surface area contributed by atoms with Gasteiger partial charge in [0, 0.05) is 16.6 Å². The summed E-state index contributed by atoms with van der Waals surface area (Å²) in [5.74, 6) is 0. The Labute approximate surface area is 118 Å². The molecular formula is C15H22BrNO. The maximum atomic E-state index is 10.1. The van der Waals surface area contributed by atoms with Gasteiger partial charge in [-0.3, -0.25) is 0 Å². The van der Waals surface area contributed by atoms with Crippen molar-refractivity contribution in [2.24, 2.45) is 0 Å². The third-order valence-electron chi connectivity index (χ3n) is 3.82. The number of aliphatic hydroxyl groups excluding tert-OH is 1. The van der Waals surface area contributed by atoms with Gasteiger partial charge in [0.25, 0.3) is 0 Å². The minimum atomic E-state index is -0.197. The van der Waals surface area contributed by atoms with Gasteiger partial charge in [-0.05, 0) is 31.4 Å². The molecule has 1 saturated carbocycles. The van der Waals surface area contributed by atoms with E-state index < -0.39 is 0 Å². The molecule has 2 nitrogen and oxygen atoms in total. The fourth-order valence-corrected chi connectivity index (χ4v) is 3.35. The number of halogens is 1. The molecule has 3 atom stereocenters. The highest BCUT2D eigenvalue weighted by Gasteiger charge is 2.23. The van der Waals surface area contributed by atoms with E-state index >= 15 is 0 Å². The Morgan fingerprint density at radius 2 is 1.94 bits per heavy atom. The van der Waals surface area contributed by atoms with E-state index in [9.17, 15) is 5.11 Å². The van der Waals surface area contributed by atoms with E-state index in [2.05, 4.69) is 46.4 Å². The second kappa shape index (κ2) is 6.69. The van der Waals surface area contributed by atoms with Gasteiger partial charge in [0.1, 0.15) is 0 Å². The molecule has 0 aromatic heterocycles. The number of nitrogens with one attached hydrogen (secondary N) is 1. The van der Waals surface area contributed by atoms with Gasteiger partial charge < -0.3 is 10.4 Å². The quantitative estimate of drug-likeness (QED) is 0.832. The van der Waals surface area contributed by atoms with Crippen molar-refractivity contribution >= 4 is 15.9 Å². The van der Waals surface area contributed by atoms with Crippen molar-refractivity contribution in [3.63, 3.8) is 0 Å². The first-order chi connectivity index (χ1) is 8.68. The predicted octanol–water partition coefficient (Wildman–Crippen LogP) is 3.79. The third kappa shape index (κ3) is 3.56. The van der Waals surface area contributed by atoms with Crippen molar-refractivity contribution in [1.29, 1.82) is 0 Å². The van der Waals surface area contributed by atoms with Crippen LogP contribution < -0.4 is 5.32 Å². The lowest BCUT2D eigenvalue weighted by Gasteiger charge is -2.26. The van der Waals surface area contributed by atoms with Crippen LogP contribution in [0.1, 0.15) is 50.6 Å². The Balaban J connectivity index is 2.02. The molecule has 0 heterocycles. The highest BCUT2D eigenvalue weighted by atomic mass is 79.9. The summed E-state index contributed by atoms with van der Waals surface area (Å²) in [5.41, 5.74) is 1.26. The van der Waals surface area contributed by atoms with Gasteiger partial charge >= 0.3 is 0 Å². The highest BCUT2D eigenvalue weighted by Crippen LogP contribution is 2.25. The molecule has 2 unspecified atom stereocenters. The maximum absolute atomic E-state index is 10.1. The lowest BCUT2D eigenvalue weighted by Crippen LogP contribution is -2.40. The Kier molecular flexibility index (Phi) is 5.22. The van der Waals surface area contributed by atoms with Gasteiger partial charge in [-0.1, -0.05) is 53.4 Å². The molecule has 2 rings (SSSR count). The molecular weight excluding hydrogens is 290 g/mol. The zero-order chi connectivity index (χ0) is 13.0. The summed E-state index contributed by atoms with van der Waals surface area (Å²) in [7, 11) is 0. The van der Waals surface area contributed by atoms with Crippen LogP contribution in [0.3, 0.4) is 0 Å². The summed E-state index contributed by atoms with van der Waals surface area (Å²) < 4.78 is 1.13. The van der Waals surface area contributed by atoms with Crippen molar-refractivity contribution < 1.29 is 5.11 Å². The van der Waals surface area contributed by atoms with Crippen LogP contribution in [0, 0.1) is 0 Å². The van der Waals surface area contributed by atoms with Crippen LogP contribution in [0.4, 0.5) is 0 Å². The zero-order valence-corrected chi connectivity index (χ0v) is 12.5. The lowest BCUT2D eigenvalue weighted by molar-refractivity contribution is 0.115. The molecule has 0 amide bonds. The van der Waals surface area contributed by atoms with Crippen molar-refractivity contribution in [3.05, 3.63) is 34.3 Å². The van der Waals surface area contributed by atoms with Gasteiger partial charge in [-0.25, -0.2) is 0 Å². The first kappa shape index (κ1) is 14.0. The van der Waals surface area contributed by atoms with Crippen LogP contribution in [-0.4, -0.2) is 17.3 Å². The molecule has 2 N–H and O–H groups in total. The molecule has 1 aromatic rings. The smallest absolute Gasteiger partial charge is 0.0693 e. The zero-order valence-electron chi connectivity index (χ0n) is 10.9. The van der Waals surface area contributed by atoms with E-state index in [1.54, 1.807) is 0 Å². The maximum Gasteiger partial charge on any atom is 0.0693 e. The van der Waals surface area contributed by atoms with Crippen molar-refractivity contribution in [3.8, 4) is 0 Å². The minimum Gasteiger partial charge on any atom is -0.392 e. The number of rotatable bonds is 3. The SMILES string of the molecule is C[C@@H](NC1CCCCCC1O)c1ccccc1Br. The van der Waals surface area contributed by atoms with Gasteiger partial charge in [0.15, 0.2) is 0 Å². The van der Waals surface area contributed by atoms with Gasteiger partial charge in [0.2, 0.25) is 0 Å². The average molecular weight is 312 g/mol. The normalized spacial score (nSPS) is 26.6. The molecule has 1 fully saturated rings. The Morgan fingerprint density at radius 3 is 2.72 bits per heavy atom. The molecule has 18 heavy (non-hydrogen) atoms. The number of benzene rings is 1. The highest BCUT2D eigenvalue weighted by molar-refractivity contribution is 9.10. The summed E-state index contributed by atoms with van der Waals surface area (Å²) in [6, 6.07) is 8.78. The second-order valence-electron chi connectivity index (χ2n) is 5.22. The van der Waals surface area contributed by atoms with E-state index in [1.807, 2.05) is 6.07 Å². The van der Waals surface area contributed by atoms with Crippen molar-refractivity contribution in [1.82, 2.24) is 5.32 Å². The van der Waals surface area contributed by atoms with Gasteiger partial charge in [0.05, 0.1) is 6.10 Å².